The lowest BCUT2D eigenvalue weighted by molar-refractivity contribution is -0.124. The highest BCUT2D eigenvalue weighted by Crippen LogP contribution is 2.28. The number of amides is 4. The molecule has 0 spiro atoms. The average Bonchev–Trinajstić information content (AvgIpc) is 2.84. The maximum absolute atomic E-state index is 13.3. The highest BCUT2D eigenvalue weighted by Gasteiger charge is 2.35. The maximum Gasteiger partial charge on any atom is 0.410 e. The lowest BCUT2D eigenvalue weighted by Gasteiger charge is -2.37. The van der Waals surface area contributed by atoms with Crippen LogP contribution in [0.1, 0.15) is 58.3 Å². The van der Waals surface area contributed by atoms with Gasteiger partial charge in [-0.05, 0) is 32.7 Å². The fraction of sp³-hybridized carbons (Fsp3) is 0.833. The van der Waals surface area contributed by atoms with Crippen LogP contribution in [-0.2, 0) is 9.53 Å². The molecule has 0 aromatic rings. The Kier molecular flexibility index (Phi) is 9.81. The van der Waals surface area contributed by atoms with Gasteiger partial charge in [0.15, 0.2) is 0 Å². The number of urea groups is 1. The van der Waals surface area contributed by atoms with Gasteiger partial charge in [0.1, 0.15) is 12.1 Å². The molecule has 10 nitrogen and oxygen atoms in total. The van der Waals surface area contributed by atoms with Gasteiger partial charge in [-0.3, -0.25) is 9.69 Å². The Labute approximate surface area is 202 Å². The predicted molar refractivity (Wildman–Crippen MR) is 127 cm³/mol. The number of hydrogen-bond acceptors (Lipinski definition) is 6. The number of hydrogen-bond donors (Lipinski definition) is 2. The SMILES string of the molecule is CCOC(=O)N1CCC(NC(=O)C(CC2CCCCC2)NC(=O)N2CCN(C)CC2)CC1C#N. The number of nitrogens with zero attached hydrogens (tertiary/aromatic N) is 4. The van der Waals surface area contributed by atoms with Crippen LogP contribution in [-0.4, -0.2) is 97.2 Å². The molecule has 3 aliphatic rings. The van der Waals surface area contributed by atoms with Crippen LogP contribution < -0.4 is 10.6 Å². The first-order valence-electron chi connectivity index (χ1n) is 12.8. The van der Waals surface area contributed by atoms with Crippen molar-refractivity contribution in [3.8, 4) is 6.07 Å². The van der Waals surface area contributed by atoms with Crippen molar-refractivity contribution in [1.82, 2.24) is 25.3 Å². The number of ether oxygens (including phenoxy) is 1. The van der Waals surface area contributed by atoms with Gasteiger partial charge in [-0.2, -0.15) is 5.26 Å². The van der Waals surface area contributed by atoms with E-state index in [1.165, 1.54) is 24.2 Å². The Hall–Kier alpha value is -2.54. The second-order valence-corrected chi connectivity index (χ2v) is 9.80. The van der Waals surface area contributed by atoms with E-state index < -0.39 is 18.2 Å². The fourth-order valence-electron chi connectivity index (χ4n) is 5.18. The summed E-state index contributed by atoms with van der Waals surface area (Å²) in [7, 11) is 2.04. The van der Waals surface area contributed by atoms with Crippen LogP contribution in [0.3, 0.4) is 0 Å². The summed E-state index contributed by atoms with van der Waals surface area (Å²) in [5.41, 5.74) is 0. The van der Waals surface area contributed by atoms with Gasteiger partial charge < -0.3 is 25.2 Å². The van der Waals surface area contributed by atoms with E-state index in [0.29, 0.717) is 44.8 Å². The molecule has 2 heterocycles. The number of carbonyl (C=O) groups is 3. The summed E-state index contributed by atoms with van der Waals surface area (Å²) < 4.78 is 5.05. The number of likely N-dealkylation sites (N-methyl/N-ethyl adjacent to an activating group) is 1. The Morgan fingerprint density at radius 1 is 1.06 bits per heavy atom. The van der Waals surface area contributed by atoms with E-state index in [1.807, 2.05) is 7.05 Å². The zero-order chi connectivity index (χ0) is 24.5. The first-order valence-corrected chi connectivity index (χ1v) is 12.8. The molecule has 2 aliphatic heterocycles. The van der Waals surface area contributed by atoms with Gasteiger partial charge in [0.25, 0.3) is 0 Å². The molecule has 2 N–H and O–H groups in total. The van der Waals surface area contributed by atoms with E-state index in [1.54, 1.807) is 11.8 Å². The van der Waals surface area contributed by atoms with Crippen molar-refractivity contribution in [1.29, 1.82) is 5.26 Å². The highest BCUT2D eigenvalue weighted by molar-refractivity contribution is 5.87. The van der Waals surface area contributed by atoms with E-state index in [4.69, 9.17) is 4.74 Å². The van der Waals surface area contributed by atoms with Gasteiger partial charge in [-0.15, -0.1) is 0 Å². The van der Waals surface area contributed by atoms with Crippen molar-refractivity contribution >= 4 is 18.0 Å². The van der Waals surface area contributed by atoms with Crippen LogP contribution in [0.5, 0.6) is 0 Å². The molecular weight excluding hydrogens is 436 g/mol. The number of nitrogens with one attached hydrogen (secondary N) is 2. The van der Waals surface area contributed by atoms with E-state index in [9.17, 15) is 19.6 Å². The van der Waals surface area contributed by atoms with E-state index in [0.717, 1.165) is 25.9 Å². The zero-order valence-electron chi connectivity index (χ0n) is 20.6. The zero-order valence-corrected chi connectivity index (χ0v) is 20.6. The fourth-order valence-corrected chi connectivity index (χ4v) is 5.18. The van der Waals surface area contributed by atoms with Crippen molar-refractivity contribution in [2.24, 2.45) is 5.92 Å². The molecular formula is C24H40N6O4. The molecule has 0 aromatic heterocycles. The van der Waals surface area contributed by atoms with Crippen LogP contribution in [0.2, 0.25) is 0 Å². The molecule has 3 fully saturated rings. The normalized spacial score (nSPS) is 25.2. The molecule has 4 amide bonds. The lowest BCUT2D eigenvalue weighted by Crippen LogP contribution is -2.58. The van der Waals surface area contributed by atoms with Crippen LogP contribution in [0.4, 0.5) is 9.59 Å². The van der Waals surface area contributed by atoms with E-state index in [-0.39, 0.29) is 24.6 Å². The maximum atomic E-state index is 13.3. The molecule has 3 unspecified atom stereocenters. The summed E-state index contributed by atoms with van der Waals surface area (Å²) in [6, 6.07) is 0.513. The topological polar surface area (TPSA) is 118 Å². The highest BCUT2D eigenvalue weighted by atomic mass is 16.6. The summed E-state index contributed by atoms with van der Waals surface area (Å²) in [5, 5.41) is 15.6. The van der Waals surface area contributed by atoms with Gasteiger partial charge in [0.2, 0.25) is 5.91 Å². The number of rotatable bonds is 6. The standard InChI is InChI=1S/C24H40N6O4/c1-3-34-24(33)30-10-9-19(16-20(30)17-25)26-22(31)21(15-18-7-5-4-6-8-18)27-23(32)29-13-11-28(2)12-14-29/h18-21H,3-16H2,1-2H3,(H,26,31)(H,27,32). The summed E-state index contributed by atoms with van der Waals surface area (Å²) >= 11 is 0. The summed E-state index contributed by atoms with van der Waals surface area (Å²) in [6.07, 6.45) is 6.78. The molecule has 3 rings (SSSR count). The van der Waals surface area contributed by atoms with Crippen LogP contribution in [0, 0.1) is 17.2 Å². The number of nitriles is 1. The van der Waals surface area contributed by atoms with E-state index >= 15 is 0 Å². The summed E-state index contributed by atoms with van der Waals surface area (Å²) in [6.45, 7) is 5.27. The smallest absolute Gasteiger partial charge is 0.410 e. The molecule has 190 valence electrons. The third-order valence-corrected chi connectivity index (χ3v) is 7.30. The molecule has 3 atom stereocenters. The Morgan fingerprint density at radius 2 is 1.76 bits per heavy atom. The number of carbonyl (C=O) groups excluding carboxylic acids is 3. The summed E-state index contributed by atoms with van der Waals surface area (Å²) in [5.74, 6) is 0.231. The minimum atomic E-state index is -0.644. The first kappa shape index (κ1) is 26.1. The third kappa shape index (κ3) is 7.23. The third-order valence-electron chi connectivity index (χ3n) is 7.30. The average molecular weight is 477 g/mol. The molecule has 1 aliphatic carbocycles. The Balaban J connectivity index is 1.60. The van der Waals surface area contributed by atoms with Crippen molar-refractivity contribution in [3.63, 3.8) is 0 Å². The van der Waals surface area contributed by atoms with Gasteiger partial charge in [0.05, 0.1) is 12.7 Å². The first-order chi connectivity index (χ1) is 16.4. The van der Waals surface area contributed by atoms with Gasteiger partial charge >= 0.3 is 12.1 Å². The number of piperidine rings is 1. The van der Waals surface area contributed by atoms with Gasteiger partial charge in [0, 0.05) is 45.2 Å². The van der Waals surface area contributed by atoms with Gasteiger partial charge in [-0.1, -0.05) is 32.1 Å². The van der Waals surface area contributed by atoms with Crippen molar-refractivity contribution < 1.29 is 19.1 Å². The van der Waals surface area contributed by atoms with E-state index in [2.05, 4.69) is 21.6 Å². The summed E-state index contributed by atoms with van der Waals surface area (Å²) in [4.78, 5) is 43.8. The number of piperazine rings is 1. The van der Waals surface area contributed by atoms with Gasteiger partial charge in [-0.25, -0.2) is 9.59 Å². The largest absolute Gasteiger partial charge is 0.450 e. The van der Waals surface area contributed by atoms with Crippen molar-refractivity contribution in [3.05, 3.63) is 0 Å². The second kappa shape index (κ2) is 12.8. The Bertz CT molecular complexity index is 742. The molecule has 0 bridgehead atoms. The molecule has 0 radical (unpaired) electrons. The molecule has 10 heteroatoms. The van der Waals surface area contributed by atoms with Crippen LogP contribution in [0.15, 0.2) is 0 Å². The minimum Gasteiger partial charge on any atom is -0.450 e. The van der Waals surface area contributed by atoms with Crippen LogP contribution >= 0.6 is 0 Å². The quantitative estimate of drug-likeness (QED) is 0.605. The molecule has 2 saturated heterocycles. The van der Waals surface area contributed by atoms with Crippen LogP contribution in [0.25, 0.3) is 0 Å². The molecule has 34 heavy (non-hydrogen) atoms. The number of likely N-dealkylation sites (tertiary alicyclic amines) is 1. The van der Waals surface area contributed by atoms with Crippen molar-refractivity contribution in [2.75, 3.05) is 46.4 Å². The Morgan fingerprint density at radius 3 is 2.41 bits per heavy atom. The monoisotopic (exact) mass is 476 g/mol. The van der Waals surface area contributed by atoms with Crippen molar-refractivity contribution in [2.45, 2.75) is 76.4 Å². The minimum absolute atomic E-state index is 0.184. The molecule has 1 saturated carbocycles. The second-order valence-electron chi connectivity index (χ2n) is 9.80. The molecule has 0 aromatic carbocycles. The lowest BCUT2D eigenvalue weighted by atomic mass is 9.84. The predicted octanol–water partition coefficient (Wildman–Crippen LogP) is 1.91.